The maximum atomic E-state index is 11.6. The predicted molar refractivity (Wildman–Crippen MR) is 129 cm³/mol. The SMILES string of the molecule is CCCCCCCCCCOC(=O)COCCOCC(=O)OCCCCCCCCCC. The highest BCUT2D eigenvalue weighted by molar-refractivity contribution is 5.71. The van der Waals surface area contributed by atoms with Crippen LogP contribution >= 0.6 is 0 Å². The smallest absolute Gasteiger partial charge is 0.332 e. The Morgan fingerprint density at radius 2 is 0.750 bits per heavy atom. The van der Waals surface area contributed by atoms with E-state index in [0.717, 1.165) is 25.7 Å². The van der Waals surface area contributed by atoms with Gasteiger partial charge in [-0.1, -0.05) is 104 Å². The van der Waals surface area contributed by atoms with Crippen LogP contribution < -0.4 is 0 Å². The van der Waals surface area contributed by atoms with Gasteiger partial charge in [0.15, 0.2) is 0 Å². The van der Waals surface area contributed by atoms with E-state index in [2.05, 4.69) is 13.8 Å². The number of hydrogen-bond donors (Lipinski definition) is 0. The van der Waals surface area contributed by atoms with Crippen LogP contribution in [0.25, 0.3) is 0 Å². The monoisotopic (exact) mass is 458 g/mol. The molecule has 0 aromatic rings. The fraction of sp³-hybridized carbons (Fsp3) is 0.923. The summed E-state index contributed by atoms with van der Waals surface area (Å²) < 4.78 is 20.7. The molecule has 0 saturated heterocycles. The van der Waals surface area contributed by atoms with E-state index < -0.39 is 0 Å². The molecule has 0 N–H and O–H groups in total. The maximum Gasteiger partial charge on any atom is 0.332 e. The van der Waals surface area contributed by atoms with E-state index in [1.807, 2.05) is 0 Å². The molecule has 190 valence electrons. The van der Waals surface area contributed by atoms with Gasteiger partial charge in [-0.25, -0.2) is 9.59 Å². The first kappa shape index (κ1) is 30.9. The summed E-state index contributed by atoms with van der Waals surface area (Å²) in [5, 5.41) is 0. The zero-order chi connectivity index (χ0) is 23.5. The number of carbonyl (C=O) groups excluding carboxylic acids is 2. The number of esters is 2. The Morgan fingerprint density at radius 3 is 1.09 bits per heavy atom. The fourth-order valence-electron chi connectivity index (χ4n) is 3.36. The Labute approximate surface area is 197 Å². The van der Waals surface area contributed by atoms with Crippen molar-refractivity contribution in [3.05, 3.63) is 0 Å². The van der Waals surface area contributed by atoms with E-state index in [1.54, 1.807) is 0 Å². The lowest BCUT2D eigenvalue weighted by Gasteiger charge is -2.07. The van der Waals surface area contributed by atoms with Crippen LogP contribution in [0.1, 0.15) is 117 Å². The van der Waals surface area contributed by atoms with Crippen LogP contribution in [0.3, 0.4) is 0 Å². The zero-order valence-corrected chi connectivity index (χ0v) is 21.0. The summed E-state index contributed by atoms with van der Waals surface area (Å²) in [5.41, 5.74) is 0. The second kappa shape index (κ2) is 26.1. The molecule has 0 aliphatic heterocycles. The van der Waals surface area contributed by atoms with E-state index in [1.165, 1.54) is 77.0 Å². The van der Waals surface area contributed by atoms with E-state index in [0.29, 0.717) is 13.2 Å². The van der Waals surface area contributed by atoms with Gasteiger partial charge in [0.1, 0.15) is 13.2 Å². The van der Waals surface area contributed by atoms with Crippen molar-refractivity contribution in [1.29, 1.82) is 0 Å². The van der Waals surface area contributed by atoms with Gasteiger partial charge in [-0.3, -0.25) is 0 Å². The Hall–Kier alpha value is -1.14. The van der Waals surface area contributed by atoms with E-state index in [4.69, 9.17) is 18.9 Å². The molecule has 0 aromatic carbocycles. The van der Waals surface area contributed by atoms with Gasteiger partial charge < -0.3 is 18.9 Å². The van der Waals surface area contributed by atoms with Crippen molar-refractivity contribution in [2.75, 3.05) is 39.6 Å². The summed E-state index contributed by atoms with van der Waals surface area (Å²) in [7, 11) is 0. The molecule has 0 unspecified atom stereocenters. The van der Waals surface area contributed by atoms with Crippen LogP contribution in [0, 0.1) is 0 Å². The van der Waals surface area contributed by atoms with Gasteiger partial charge >= 0.3 is 11.9 Å². The third-order valence-corrected chi connectivity index (χ3v) is 5.33. The van der Waals surface area contributed by atoms with Gasteiger partial charge in [0, 0.05) is 0 Å². The summed E-state index contributed by atoms with van der Waals surface area (Å²) in [6.07, 6.45) is 19.4. The highest BCUT2D eigenvalue weighted by Gasteiger charge is 2.05. The van der Waals surface area contributed by atoms with Crippen LogP contribution in [0.5, 0.6) is 0 Å². The molecule has 0 aliphatic rings. The first-order valence-electron chi connectivity index (χ1n) is 13.2. The second-order valence-electron chi connectivity index (χ2n) is 8.50. The number of unbranched alkanes of at least 4 members (excludes halogenated alkanes) is 14. The summed E-state index contributed by atoms with van der Waals surface area (Å²) in [4.78, 5) is 23.2. The Morgan fingerprint density at radius 1 is 0.438 bits per heavy atom. The molecule has 0 fully saturated rings. The van der Waals surface area contributed by atoms with Gasteiger partial charge in [-0.05, 0) is 12.8 Å². The third kappa shape index (κ3) is 25.1. The molecular formula is C26H50O6. The Kier molecular flexibility index (Phi) is 25.2. The average molecular weight is 459 g/mol. The molecule has 0 saturated carbocycles. The Bertz CT molecular complexity index is 375. The van der Waals surface area contributed by atoms with Crippen molar-refractivity contribution in [2.45, 2.75) is 117 Å². The van der Waals surface area contributed by atoms with Gasteiger partial charge in [0.2, 0.25) is 0 Å². The number of hydrogen-bond acceptors (Lipinski definition) is 6. The van der Waals surface area contributed by atoms with Crippen LogP contribution in [0.2, 0.25) is 0 Å². The fourth-order valence-corrected chi connectivity index (χ4v) is 3.36. The Balaban J connectivity index is 3.27. The van der Waals surface area contributed by atoms with Crippen LogP contribution in [-0.2, 0) is 28.5 Å². The topological polar surface area (TPSA) is 71.1 Å². The second-order valence-corrected chi connectivity index (χ2v) is 8.50. The summed E-state index contributed by atoms with van der Waals surface area (Å²) >= 11 is 0. The van der Waals surface area contributed by atoms with Crippen molar-refractivity contribution < 1.29 is 28.5 Å². The highest BCUT2D eigenvalue weighted by atomic mass is 16.6. The van der Waals surface area contributed by atoms with Gasteiger partial charge in [0.05, 0.1) is 26.4 Å². The maximum absolute atomic E-state index is 11.6. The minimum absolute atomic E-state index is 0.0801. The number of ether oxygens (including phenoxy) is 4. The van der Waals surface area contributed by atoms with Gasteiger partial charge in [0.25, 0.3) is 0 Å². The standard InChI is InChI=1S/C26H50O6/c1-3-5-7-9-11-13-15-17-19-31-25(27)23-29-21-22-30-24-26(28)32-20-18-16-14-12-10-8-6-4-2/h3-24H2,1-2H3. The summed E-state index contributed by atoms with van der Waals surface area (Å²) in [6.45, 7) is 5.70. The van der Waals surface area contributed by atoms with Crippen molar-refractivity contribution in [3.8, 4) is 0 Å². The molecule has 0 bridgehead atoms. The normalized spacial score (nSPS) is 10.9. The minimum Gasteiger partial charge on any atom is -0.464 e. The molecule has 0 spiro atoms. The molecule has 6 heteroatoms. The van der Waals surface area contributed by atoms with Crippen molar-refractivity contribution in [3.63, 3.8) is 0 Å². The predicted octanol–water partition coefficient (Wildman–Crippen LogP) is 6.39. The van der Waals surface area contributed by atoms with Crippen LogP contribution in [-0.4, -0.2) is 51.6 Å². The van der Waals surface area contributed by atoms with Crippen molar-refractivity contribution >= 4 is 11.9 Å². The first-order chi connectivity index (χ1) is 15.7. The molecule has 32 heavy (non-hydrogen) atoms. The average Bonchev–Trinajstić information content (AvgIpc) is 2.79. The number of carbonyl (C=O) groups is 2. The van der Waals surface area contributed by atoms with E-state index >= 15 is 0 Å². The third-order valence-electron chi connectivity index (χ3n) is 5.33. The first-order valence-corrected chi connectivity index (χ1v) is 13.2. The number of rotatable bonds is 25. The molecule has 0 atom stereocenters. The van der Waals surface area contributed by atoms with Crippen LogP contribution in [0.15, 0.2) is 0 Å². The lowest BCUT2D eigenvalue weighted by atomic mass is 10.1. The minimum atomic E-state index is -0.349. The molecule has 0 radical (unpaired) electrons. The van der Waals surface area contributed by atoms with Crippen molar-refractivity contribution in [2.24, 2.45) is 0 Å². The lowest BCUT2D eigenvalue weighted by Crippen LogP contribution is -2.18. The lowest BCUT2D eigenvalue weighted by molar-refractivity contribution is -0.152. The van der Waals surface area contributed by atoms with Crippen LogP contribution in [0.4, 0.5) is 0 Å². The molecule has 0 aliphatic carbocycles. The summed E-state index contributed by atoms with van der Waals surface area (Å²) in [5.74, 6) is -0.699. The van der Waals surface area contributed by atoms with E-state index in [9.17, 15) is 9.59 Å². The largest absolute Gasteiger partial charge is 0.464 e. The highest BCUT2D eigenvalue weighted by Crippen LogP contribution is 2.09. The van der Waals surface area contributed by atoms with Gasteiger partial charge in [-0.15, -0.1) is 0 Å². The van der Waals surface area contributed by atoms with E-state index in [-0.39, 0.29) is 38.4 Å². The van der Waals surface area contributed by atoms with Crippen molar-refractivity contribution in [1.82, 2.24) is 0 Å². The molecule has 6 nitrogen and oxygen atoms in total. The summed E-state index contributed by atoms with van der Waals surface area (Å²) in [6, 6.07) is 0. The zero-order valence-electron chi connectivity index (χ0n) is 21.0. The quantitative estimate of drug-likeness (QED) is 0.117. The molecule has 0 rings (SSSR count). The molecule has 0 aromatic heterocycles. The molecule has 0 amide bonds. The molecular weight excluding hydrogens is 408 g/mol. The van der Waals surface area contributed by atoms with Gasteiger partial charge in [-0.2, -0.15) is 0 Å². The molecule has 0 heterocycles.